The zero-order chi connectivity index (χ0) is 17.9. The molecule has 0 N–H and O–H groups in total. The Hall–Kier alpha value is -2.23. The molecule has 0 spiro atoms. The summed E-state index contributed by atoms with van der Waals surface area (Å²) in [5.74, 6) is -1.10. The Morgan fingerprint density at radius 3 is 1.96 bits per heavy atom. The molecule has 0 aliphatic carbocycles. The maximum Gasteiger partial charge on any atom is 0.196 e. The molecule has 0 aromatic heterocycles. The number of benzene rings is 2. The van der Waals surface area contributed by atoms with E-state index in [0.717, 1.165) is 17.5 Å². The second kappa shape index (κ2) is 6.95. The lowest BCUT2D eigenvalue weighted by Gasteiger charge is -2.35. The third kappa shape index (κ3) is 3.17. The molecular weight excluding hydrogens is 312 g/mol. The van der Waals surface area contributed by atoms with Crippen LogP contribution in [0.25, 0.3) is 0 Å². The van der Waals surface area contributed by atoms with E-state index in [0.29, 0.717) is 12.2 Å². The van der Waals surface area contributed by atoms with Gasteiger partial charge >= 0.3 is 0 Å². The number of hydrogen-bond donors (Lipinski definition) is 0. The molecule has 0 amide bonds. The largest absolute Gasteiger partial charge is 0.346 e. The number of ketones is 1. The van der Waals surface area contributed by atoms with Gasteiger partial charge in [-0.2, -0.15) is 0 Å². The predicted molar refractivity (Wildman–Crippen MR) is 98.2 cm³/mol. The Morgan fingerprint density at radius 2 is 1.52 bits per heavy atom. The van der Waals surface area contributed by atoms with E-state index in [1.54, 1.807) is 6.92 Å². The highest BCUT2D eigenvalue weighted by molar-refractivity contribution is 5.96. The lowest BCUT2D eigenvalue weighted by atomic mass is 9.85. The lowest BCUT2D eigenvalue weighted by molar-refractivity contribution is -0.224. The first-order valence-corrected chi connectivity index (χ1v) is 8.71. The second-order valence-corrected chi connectivity index (χ2v) is 6.48. The van der Waals surface area contributed by atoms with E-state index in [9.17, 15) is 4.79 Å². The first kappa shape index (κ1) is 17.6. The van der Waals surface area contributed by atoms with Crippen LogP contribution in [0.15, 0.2) is 72.3 Å². The standard InChI is InChI=1S/C22H24O3/c1-4-15-24-21(3)20(17(2)23)16-22(25-21,18-11-7-5-8-12-18)19-13-9-6-10-14-19/h5-14,16H,4,15H2,1-3H3. The van der Waals surface area contributed by atoms with Crippen LogP contribution in [0.2, 0.25) is 0 Å². The highest BCUT2D eigenvalue weighted by Crippen LogP contribution is 2.48. The van der Waals surface area contributed by atoms with Crippen LogP contribution in [-0.4, -0.2) is 18.2 Å². The summed E-state index contributed by atoms with van der Waals surface area (Å²) in [5, 5.41) is 0. The summed E-state index contributed by atoms with van der Waals surface area (Å²) < 4.78 is 12.5. The molecule has 1 atom stereocenters. The number of carbonyl (C=O) groups excluding carboxylic acids is 1. The third-order valence-electron chi connectivity index (χ3n) is 4.56. The van der Waals surface area contributed by atoms with Crippen LogP contribution in [0.5, 0.6) is 0 Å². The van der Waals surface area contributed by atoms with Crippen molar-refractivity contribution in [2.75, 3.05) is 6.61 Å². The van der Waals surface area contributed by atoms with Gasteiger partial charge in [0, 0.05) is 0 Å². The average molecular weight is 336 g/mol. The number of carbonyl (C=O) groups is 1. The molecule has 3 rings (SSSR count). The van der Waals surface area contributed by atoms with Gasteiger partial charge < -0.3 is 9.47 Å². The SMILES string of the molecule is CCCOC1(C)OC(c2ccccc2)(c2ccccc2)C=C1C(C)=O. The number of Topliss-reactive ketones (excluding diaryl/α,β-unsaturated/α-hetero) is 1. The maximum atomic E-state index is 12.3. The summed E-state index contributed by atoms with van der Waals surface area (Å²) in [4.78, 5) is 12.3. The van der Waals surface area contributed by atoms with Crippen molar-refractivity contribution in [2.24, 2.45) is 0 Å². The maximum absolute atomic E-state index is 12.3. The second-order valence-electron chi connectivity index (χ2n) is 6.48. The van der Waals surface area contributed by atoms with E-state index in [4.69, 9.17) is 9.47 Å². The molecule has 3 heteroatoms. The van der Waals surface area contributed by atoms with Gasteiger partial charge in [0.15, 0.2) is 11.6 Å². The fraction of sp³-hybridized carbons (Fsp3) is 0.318. The number of rotatable bonds is 6. The van der Waals surface area contributed by atoms with Gasteiger partial charge in [0.2, 0.25) is 0 Å². The third-order valence-corrected chi connectivity index (χ3v) is 4.56. The Bertz CT molecular complexity index is 725. The van der Waals surface area contributed by atoms with Gasteiger partial charge in [0.1, 0.15) is 5.60 Å². The molecule has 3 nitrogen and oxygen atoms in total. The van der Waals surface area contributed by atoms with Crippen LogP contribution in [0, 0.1) is 0 Å². The zero-order valence-corrected chi connectivity index (χ0v) is 15.0. The normalized spacial score (nSPS) is 21.8. The van der Waals surface area contributed by atoms with Crippen molar-refractivity contribution in [3.63, 3.8) is 0 Å². The summed E-state index contributed by atoms with van der Waals surface area (Å²) >= 11 is 0. The molecule has 25 heavy (non-hydrogen) atoms. The highest BCUT2D eigenvalue weighted by Gasteiger charge is 2.51. The van der Waals surface area contributed by atoms with Crippen molar-refractivity contribution in [3.05, 3.63) is 83.4 Å². The fourth-order valence-electron chi connectivity index (χ4n) is 3.37. The van der Waals surface area contributed by atoms with Gasteiger partial charge in [0.05, 0.1) is 12.2 Å². The van der Waals surface area contributed by atoms with Crippen LogP contribution in [0.3, 0.4) is 0 Å². The van der Waals surface area contributed by atoms with Crippen molar-refractivity contribution in [1.82, 2.24) is 0 Å². The van der Waals surface area contributed by atoms with Crippen LogP contribution >= 0.6 is 0 Å². The van der Waals surface area contributed by atoms with Crippen molar-refractivity contribution in [3.8, 4) is 0 Å². The van der Waals surface area contributed by atoms with Crippen molar-refractivity contribution >= 4 is 5.78 Å². The van der Waals surface area contributed by atoms with Gasteiger partial charge in [-0.1, -0.05) is 67.6 Å². The predicted octanol–water partition coefficient (Wildman–Crippen LogP) is 4.62. The topological polar surface area (TPSA) is 35.5 Å². The van der Waals surface area contributed by atoms with Crippen LogP contribution < -0.4 is 0 Å². The number of ether oxygens (including phenoxy) is 2. The number of hydrogen-bond acceptors (Lipinski definition) is 3. The Labute approximate surface area is 149 Å². The Morgan fingerprint density at radius 1 is 1.00 bits per heavy atom. The summed E-state index contributed by atoms with van der Waals surface area (Å²) in [6.45, 7) is 5.97. The lowest BCUT2D eigenvalue weighted by Crippen LogP contribution is -2.39. The van der Waals surface area contributed by atoms with Gasteiger partial charge in [0.25, 0.3) is 0 Å². The molecule has 0 saturated heterocycles. The molecule has 2 aromatic rings. The smallest absolute Gasteiger partial charge is 0.196 e. The first-order chi connectivity index (χ1) is 12.0. The molecule has 1 unspecified atom stereocenters. The molecule has 0 saturated carbocycles. The van der Waals surface area contributed by atoms with Crippen LogP contribution in [0.4, 0.5) is 0 Å². The van der Waals surface area contributed by atoms with Gasteiger partial charge in [-0.05, 0) is 37.5 Å². The fourth-order valence-corrected chi connectivity index (χ4v) is 3.37. The Balaban J connectivity index is 2.18. The van der Waals surface area contributed by atoms with Crippen molar-refractivity contribution in [2.45, 2.75) is 38.6 Å². The monoisotopic (exact) mass is 336 g/mol. The summed E-state index contributed by atoms with van der Waals surface area (Å²) in [6, 6.07) is 19.9. The quantitative estimate of drug-likeness (QED) is 0.772. The molecule has 0 bridgehead atoms. The van der Waals surface area contributed by atoms with E-state index >= 15 is 0 Å². The minimum Gasteiger partial charge on any atom is -0.346 e. The molecule has 0 fully saturated rings. The van der Waals surface area contributed by atoms with E-state index in [1.165, 1.54) is 0 Å². The molecule has 2 aromatic carbocycles. The van der Waals surface area contributed by atoms with Gasteiger partial charge in [-0.25, -0.2) is 0 Å². The minimum absolute atomic E-state index is 0.0349. The average Bonchev–Trinajstić information content (AvgIpc) is 2.97. The van der Waals surface area contributed by atoms with E-state index < -0.39 is 11.4 Å². The van der Waals surface area contributed by atoms with Crippen LogP contribution in [-0.2, 0) is 19.9 Å². The Kier molecular flexibility index (Phi) is 4.89. The van der Waals surface area contributed by atoms with Crippen molar-refractivity contribution in [1.29, 1.82) is 0 Å². The van der Waals surface area contributed by atoms with Crippen LogP contribution in [0.1, 0.15) is 38.3 Å². The highest BCUT2D eigenvalue weighted by atomic mass is 16.7. The molecule has 1 aliphatic heterocycles. The van der Waals surface area contributed by atoms with Crippen molar-refractivity contribution < 1.29 is 14.3 Å². The zero-order valence-electron chi connectivity index (χ0n) is 15.0. The molecule has 1 heterocycles. The molecule has 0 radical (unpaired) electrons. The van der Waals surface area contributed by atoms with E-state index in [2.05, 4.69) is 0 Å². The molecule has 130 valence electrons. The summed E-state index contributed by atoms with van der Waals surface area (Å²) in [7, 11) is 0. The molecule has 1 aliphatic rings. The first-order valence-electron chi connectivity index (χ1n) is 8.71. The van der Waals surface area contributed by atoms with E-state index in [-0.39, 0.29) is 5.78 Å². The van der Waals surface area contributed by atoms with E-state index in [1.807, 2.05) is 80.6 Å². The molecular formula is C22H24O3. The summed E-state index contributed by atoms with van der Waals surface area (Å²) in [5.41, 5.74) is 1.67. The summed E-state index contributed by atoms with van der Waals surface area (Å²) in [6.07, 6.45) is 2.78. The minimum atomic E-state index is -1.06. The van der Waals surface area contributed by atoms with Gasteiger partial charge in [-0.15, -0.1) is 0 Å². The van der Waals surface area contributed by atoms with Gasteiger partial charge in [-0.3, -0.25) is 4.79 Å².